The number of H-pyrrole nitrogens is 1. The molecule has 0 saturated heterocycles. The number of aromatic amines is 1. The number of nitrogens with one attached hydrogen (secondary N) is 1. The average molecular weight is 401 g/mol. The van der Waals surface area contributed by atoms with Gasteiger partial charge >= 0.3 is 5.97 Å². The summed E-state index contributed by atoms with van der Waals surface area (Å²) in [5, 5.41) is 1.98. The van der Waals surface area contributed by atoms with Crippen molar-refractivity contribution in [3.8, 4) is 0 Å². The number of amides is 1. The van der Waals surface area contributed by atoms with E-state index >= 15 is 0 Å². The molecule has 148 valence electrons. The summed E-state index contributed by atoms with van der Waals surface area (Å²) in [6.07, 6.45) is 1.36. The summed E-state index contributed by atoms with van der Waals surface area (Å²) in [6, 6.07) is 7.59. The van der Waals surface area contributed by atoms with Crippen LogP contribution < -0.4 is 0 Å². The lowest BCUT2D eigenvalue weighted by molar-refractivity contribution is 0.0376. The lowest BCUT2D eigenvalue weighted by atomic mass is 10.1. The number of carbonyl (C=O) groups is 2. The maximum absolute atomic E-state index is 13.3. The Balaban J connectivity index is 1.90. The van der Waals surface area contributed by atoms with Crippen molar-refractivity contribution in [1.29, 1.82) is 0 Å². The minimum Gasteiger partial charge on any atom is -0.467 e. The van der Waals surface area contributed by atoms with E-state index in [1.54, 1.807) is 56.3 Å². The van der Waals surface area contributed by atoms with Crippen LogP contribution in [0.1, 0.15) is 56.6 Å². The molecule has 3 rings (SSSR count). The van der Waals surface area contributed by atoms with Crippen molar-refractivity contribution >= 4 is 23.2 Å². The van der Waals surface area contributed by atoms with E-state index in [4.69, 9.17) is 9.15 Å². The molecule has 3 heterocycles. The Labute approximate surface area is 168 Å². The van der Waals surface area contributed by atoms with Crippen LogP contribution in [0.15, 0.2) is 40.3 Å². The second-order valence-electron chi connectivity index (χ2n) is 6.90. The molecule has 0 aliphatic heterocycles. The molecule has 0 saturated carbocycles. The number of carbonyl (C=O) groups excluding carboxylic acids is 2. The van der Waals surface area contributed by atoms with Crippen molar-refractivity contribution in [2.75, 3.05) is 0 Å². The number of ether oxygens (including phenoxy) is 1. The number of aryl methyl sites for hydroxylation is 1. The number of thiophene rings is 1. The quantitative estimate of drug-likeness (QED) is 0.584. The molecule has 0 spiro atoms. The first-order valence-corrected chi connectivity index (χ1v) is 9.99. The predicted molar refractivity (Wildman–Crippen MR) is 107 cm³/mol. The number of hydrogen-bond acceptors (Lipinski definition) is 5. The van der Waals surface area contributed by atoms with Gasteiger partial charge in [-0.05, 0) is 56.8 Å². The smallest absolute Gasteiger partial charge is 0.340 e. The molecule has 28 heavy (non-hydrogen) atoms. The first kappa shape index (κ1) is 19.9. The van der Waals surface area contributed by atoms with Crippen LogP contribution in [0.3, 0.4) is 0 Å². The fraction of sp³-hybridized carbons (Fsp3) is 0.333. The van der Waals surface area contributed by atoms with Crippen molar-refractivity contribution in [2.45, 2.75) is 46.9 Å². The normalized spacial score (nSPS) is 11.0. The summed E-state index contributed by atoms with van der Waals surface area (Å²) in [5.41, 5.74) is 2.05. The predicted octanol–water partition coefficient (Wildman–Crippen LogP) is 4.69. The van der Waals surface area contributed by atoms with Crippen molar-refractivity contribution < 1.29 is 18.7 Å². The Bertz CT molecular complexity index is 903. The molecule has 0 aliphatic rings. The summed E-state index contributed by atoms with van der Waals surface area (Å²) in [4.78, 5) is 31.6. The van der Waals surface area contributed by atoms with Crippen LogP contribution in [0.4, 0.5) is 0 Å². The summed E-state index contributed by atoms with van der Waals surface area (Å²) in [7, 11) is 0. The Hall–Kier alpha value is -2.80. The molecule has 0 aromatic carbocycles. The van der Waals surface area contributed by atoms with E-state index in [1.165, 1.54) is 0 Å². The third-order valence-corrected chi connectivity index (χ3v) is 5.20. The van der Waals surface area contributed by atoms with Gasteiger partial charge in [0.2, 0.25) is 0 Å². The minimum atomic E-state index is -0.420. The van der Waals surface area contributed by atoms with E-state index in [2.05, 4.69) is 4.98 Å². The topological polar surface area (TPSA) is 75.5 Å². The Morgan fingerprint density at radius 3 is 2.61 bits per heavy atom. The zero-order valence-electron chi connectivity index (χ0n) is 16.4. The summed E-state index contributed by atoms with van der Waals surface area (Å²) >= 11 is 1.59. The van der Waals surface area contributed by atoms with E-state index in [1.807, 2.05) is 23.6 Å². The first-order chi connectivity index (χ1) is 13.4. The van der Waals surface area contributed by atoms with Crippen LogP contribution in [0.5, 0.6) is 0 Å². The first-order valence-electron chi connectivity index (χ1n) is 9.11. The SMILES string of the molecule is Cc1[nH]c(C(=O)N(Cc2ccco2)Cc2cccs2)c(C)c1C(=O)OC(C)C. The van der Waals surface area contributed by atoms with Crippen LogP contribution >= 0.6 is 11.3 Å². The average Bonchev–Trinajstić information content (AvgIpc) is 3.35. The molecule has 0 fully saturated rings. The van der Waals surface area contributed by atoms with Crippen LogP contribution in [-0.2, 0) is 17.8 Å². The largest absolute Gasteiger partial charge is 0.467 e. The number of hydrogen-bond donors (Lipinski definition) is 1. The molecule has 0 aliphatic carbocycles. The Morgan fingerprint density at radius 2 is 2.00 bits per heavy atom. The second-order valence-corrected chi connectivity index (χ2v) is 7.93. The Kier molecular flexibility index (Phi) is 6.04. The molecule has 1 amide bonds. The van der Waals surface area contributed by atoms with E-state index in [9.17, 15) is 9.59 Å². The lowest BCUT2D eigenvalue weighted by Gasteiger charge is -2.21. The number of furan rings is 1. The van der Waals surface area contributed by atoms with Crippen molar-refractivity contribution in [2.24, 2.45) is 0 Å². The maximum Gasteiger partial charge on any atom is 0.340 e. The molecule has 0 radical (unpaired) electrons. The summed E-state index contributed by atoms with van der Waals surface area (Å²) in [5.74, 6) is 0.0930. The molecule has 6 nitrogen and oxygen atoms in total. The van der Waals surface area contributed by atoms with Gasteiger partial charge in [-0.2, -0.15) is 0 Å². The van der Waals surface area contributed by atoms with Gasteiger partial charge < -0.3 is 19.0 Å². The molecule has 1 N–H and O–H groups in total. The van der Waals surface area contributed by atoms with Gasteiger partial charge in [0.05, 0.1) is 31.0 Å². The zero-order chi connectivity index (χ0) is 20.3. The lowest BCUT2D eigenvalue weighted by Crippen LogP contribution is -2.30. The van der Waals surface area contributed by atoms with Crippen molar-refractivity contribution in [1.82, 2.24) is 9.88 Å². The van der Waals surface area contributed by atoms with Crippen LogP contribution in [0.25, 0.3) is 0 Å². The van der Waals surface area contributed by atoms with E-state index in [0.29, 0.717) is 41.4 Å². The standard InChI is InChI=1S/C21H24N2O4S/c1-13(2)27-21(25)18-14(3)19(22-15(18)4)20(24)23(11-16-7-5-9-26-16)12-17-8-6-10-28-17/h5-10,13,22H,11-12H2,1-4H3. The van der Waals surface area contributed by atoms with Crippen LogP contribution in [0, 0.1) is 13.8 Å². The molecule has 7 heteroatoms. The van der Waals surface area contributed by atoms with E-state index < -0.39 is 5.97 Å². The molecule has 0 bridgehead atoms. The number of aromatic nitrogens is 1. The van der Waals surface area contributed by atoms with Gasteiger partial charge in [0, 0.05) is 10.6 Å². The highest BCUT2D eigenvalue weighted by Crippen LogP contribution is 2.23. The minimum absolute atomic E-state index is 0.186. The number of nitrogens with zero attached hydrogens (tertiary/aromatic N) is 1. The molecular formula is C21H24N2O4S. The highest BCUT2D eigenvalue weighted by atomic mass is 32.1. The molecule has 0 unspecified atom stereocenters. The summed E-state index contributed by atoms with van der Waals surface area (Å²) in [6.45, 7) is 7.94. The fourth-order valence-corrected chi connectivity index (χ4v) is 3.80. The molecule has 0 atom stereocenters. The van der Waals surface area contributed by atoms with Gasteiger partial charge in [-0.3, -0.25) is 4.79 Å². The number of esters is 1. The monoisotopic (exact) mass is 400 g/mol. The molecule has 3 aromatic heterocycles. The van der Waals surface area contributed by atoms with Crippen LogP contribution in [-0.4, -0.2) is 27.9 Å². The summed E-state index contributed by atoms with van der Waals surface area (Å²) < 4.78 is 10.8. The van der Waals surface area contributed by atoms with E-state index in [0.717, 1.165) is 4.88 Å². The third kappa shape index (κ3) is 4.36. The maximum atomic E-state index is 13.3. The van der Waals surface area contributed by atoms with Crippen LogP contribution in [0.2, 0.25) is 0 Å². The Morgan fingerprint density at radius 1 is 1.21 bits per heavy atom. The zero-order valence-corrected chi connectivity index (χ0v) is 17.3. The van der Waals surface area contributed by atoms with Gasteiger partial charge in [-0.15, -0.1) is 11.3 Å². The van der Waals surface area contributed by atoms with E-state index in [-0.39, 0.29) is 12.0 Å². The number of rotatable bonds is 7. The van der Waals surface area contributed by atoms with Crippen molar-refractivity contribution in [3.05, 3.63) is 69.1 Å². The van der Waals surface area contributed by atoms with Gasteiger partial charge in [-0.1, -0.05) is 6.07 Å². The van der Waals surface area contributed by atoms with Gasteiger partial charge in [0.15, 0.2) is 0 Å². The van der Waals surface area contributed by atoms with Gasteiger partial charge in [0.25, 0.3) is 5.91 Å². The molecule has 3 aromatic rings. The third-order valence-electron chi connectivity index (χ3n) is 4.34. The molecular weight excluding hydrogens is 376 g/mol. The highest BCUT2D eigenvalue weighted by molar-refractivity contribution is 7.09. The highest BCUT2D eigenvalue weighted by Gasteiger charge is 2.27. The van der Waals surface area contributed by atoms with Gasteiger partial charge in [0.1, 0.15) is 11.5 Å². The second kappa shape index (κ2) is 8.48. The van der Waals surface area contributed by atoms with Crippen molar-refractivity contribution in [3.63, 3.8) is 0 Å². The van der Waals surface area contributed by atoms with Gasteiger partial charge in [-0.25, -0.2) is 4.79 Å². The fourth-order valence-electron chi connectivity index (χ4n) is 3.08.